The summed E-state index contributed by atoms with van der Waals surface area (Å²) in [5.41, 5.74) is -0.342. The Morgan fingerprint density at radius 2 is 1.80 bits per heavy atom. The van der Waals surface area contributed by atoms with Crippen LogP contribution < -0.4 is 0 Å². The van der Waals surface area contributed by atoms with Crippen LogP contribution in [0.5, 0.6) is 0 Å². The molecule has 0 aliphatic heterocycles. The highest BCUT2D eigenvalue weighted by atomic mass is 32.2. The molecule has 6 heteroatoms. The second-order valence-electron chi connectivity index (χ2n) is 4.11. The van der Waals surface area contributed by atoms with Crippen LogP contribution in [0.15, 0.2) is 47.4 Å². The molecule has 2 aromatic rings. The van der Waals surface area contributed by atoms with Gasteiger partial charge in [-0.2, -0.15) is 5.26 Å². The van der Waals surface area contributed by atoms with Gasteiger partial charge in [0.1, 0.15) is 17.7 Å². The Morgan fingerprint density at radius 3 is 2.45 bits per heavy atom. The molecule has 0 aromatic heterocycles. The van der Waals surface area contributed by atoms with Crippen molar-refractivity contribution in [1.82, 2.24) is 0 Å². The van der Waals surface area contributed by atoms with E-state index in [2.05, 4.69) is 0 Å². The number of hydrogen-bond donors (Lipinski definition) is 0. The number of halogens is 2. The monoisotopic (exact) mass is 293 g/mol. The Labute approximate surface area is 115 Å². The average molecular weight is 293 g/mol. The molecule has 0 aliphatic rings. The summed E-state index contributed by atoms with van der Waals surface area (Å²) in [6, 6.07) is 10.1. The van der Waals surface area contributed by atoms with Gasteiger partial charge in [-0.15, -0.1) is 0 Å². The van der Waals surface area contributed by atoms with Gasteiger partial charge in [-0.1, -0.05) is 18.2 Å². The maximum absolute atomic E-state index is 13.8. The Morgan fingerprint density at radius 1 is 1.10 bits per heavy atom. The Hall–Kier alpha value is -2.26. The molecule has 0 amide bonds. The van der Waals surface area contributed by atoms with Crippen LogP contribution in [-0.4, -0.2) is 8.42 Å². The highest BCUT2D eigenvalue weighted by Gasteiger charge is 2.19. The van der Waals surface area contributed by atoms with Gasteiger partial charge in [0.25, 0.3) is 0 Å². The van der Waals surface area contributed by atoms with E-state index in [1.165, 1.54) is 30.3 Å². The fourth-order valence-electron chi connectivity index (χ4n) is 1.73. The zero-order valence-electron chi connectivity index (χ0n) is 10.2. The number of rotatable bonds is 3. The predicted molar refractivity (Wildman–Crippen MR) is 68.4 cm³/mol. The molecule has 0 unspecified atom stereocenters. The van der Waals surface area contributed by atoms with Gasteiger partial charge in [0.15, 0.2) is 9.84 Å². The van der Waals surface area contributed by atoms with Crippen molar-refractivity contribution in [2.75, 3.05) is 0 Å². The van der Waals surface area contributed by atoms with E-state index >= 15 is 0 Å². The van der Waals surface area contributed by atoms with Gasteiger partial charge in [0.2, 0.25) is 0 Å². The highest BCUT2D eigenvalue weighted by molar-refractivity contribution is 7.90. The summed E-state index contributed by atoms with van der Waals surface area (Å²) >= 11 is 0. The third-order valence-corrected chi connectivity index (χ3v) is 4.36. The fraction of sp³-hybridized carbons (Fsp3) is 0.0714. The van der Waals surface area contributed by atoms with Crippen LogP contribution in [0.3, 0.4) is 0 Å². The van der Waals surface area contributed by atoms with E-state index in [0.717, 1.165) is 12.1 Å². The lowest BCUT2D eigenvalue weighted by Gasteiger charge is -2.06. The molecule has 0 saturated carbocycles. The molecule has 2 aromatic carbocycles. The number of hydrogen-bond acceptors (Lipinski definition) is 3. The van der Waals surface area contributed by atoms with Crippen molar-refractivity contribution in [3.8, 4) is 6.07 Å². The minimum absolute atomic E-state index is 0.117. The first-order chi connectivity index (χ1) is 9.44. The normalized spacial score (nSPS) is 11.1. The third kappa shape index (κ3) is 2.83. The molecule has 2 rings (SSSR count). The molecule has 0 saturated heterocycles. The highest BCUT2D eigenvalue weighted by Crippen LogP contribution is 2.20. The maximum atomic E-state index is 13.8. The number of benzene rings is 2. The molecular weight excluding hydrogens is 284 g/mol. The summed E-state index contributed by atoms with van der Waals surface area (Å²) < 4.78 is 51.1. The van der Waals surface area contributed by atoms with Gasteiger partial charge in [-0.25, -0.2) is 17.2 Å². The van der Waals surface area contributed by atoms with Crippen molar-refractivity contribution in [2.45, 2.75) is 10.6 Å². The topological polar surface area (TPSA) is 57.9 Å². The second-order valence-corrected chi connectivity index (χ2v) is 6.10. The molecule has 0 atom stereocenters. The molecule has 102 valence electrons. The van der Waals surface area contributed by atoms with Crippen LogP contribution in [0.25, 0.3) is 0 Å². The van der Waals surface area contributed by atoms with E-state index in [1.807, 2.05) is 0 Å². The smallest absolute Gasteiger partial charge is 0.182 e. The molecular formula is C14H9F2NO2S. The number of nitriles is 1. The van der Waals surface area contributed by atoms with Crippen molar-refractivity contribution in [1.29, 1.82) is 5.26 Å². The first-order valence-corrected chi connectivity index (χ1v) is 7.25. The van der Waals surface area contributed by atoms with E-state index < -0.39 is 27.2 Å². The third-order valence-electron chi connectivity index (χ3n) is 2.70. The fourth-order valence-corrected chi connectivity index (χ4v) is 3.10. The summed E-state index contributed by atoms with van der Waals surface area (Å²) in [5, 5.41) is 8.71. The lowest BCUT2D eigenvalue weighted by molar-refractivity contribution is 0.583. The molecule has 0 radical (unpaired) electrons. The molecule has 0 bridgehead atoms. The molecule has 0 spiro atoms. The summed E-state index contributed by atoms with van der Waals surface area (Å²) in [6.45, 7) is 0. The van der Waals surface area contributed by atoms with Crippen LogP contribution in [-0.2, 0) is 15.6 Å². The maximum Gasteiger partial charge on any atom is 0.182 e. The van der Waals surface area contributed by atoms with Gasteiger partial charge in [-0.05, 0) is 24.3 Å². The zero-order valence-corrected chi connectivity index (χ0v) is 11.0. The van der Waals surface area contributed by atoms with Gasteiger partial charge in [0.05, 0.1) is 16.2 Å². The molecule has 0 heterocycles. The van der Waals surface area contributed by atoms with Gasteiger partial charge < -0.3 is 0 Å². The number of sulfone groups is 1. The standard InChI is InChI=1S/C14H9F2NO2S/c15-12-5-2-6-13(7-12)20(18,19)9-11-4-1-3-10(8-17)14(11)16/h1-7H,9H2. The molecule has 0 fully saturated rings. The minimum Gasteiger partial charge on any atom is -0.223 e. The Kier molecular flexibility index (Phi) is 3.81. The lowest BCUT2D eigenvalue weighted by Crippen LogP contribution is -2.07. The van der Waals surface area contributed by atoms with E-state index in [1.54, 1.807) is 6.07 Å². The zero-order chi connectivity index (χ0) is 14.8. The van der Waals surface area contributed by atoms with Crippen molar-refractivity contribution in [3.05, 3.63) is 65.2 Å². The number of nitrogens with zero attached hydrogens (tertiary/aromatic N) is 1. The van der Waals surface area contributed by atoms with Gasteiger partial charge in [0, 0.05) is 5.56 Å². The van der Waals surface area contributed by atoms with E-state index in [4.69, 9.17) is 5.26 Å². The summed E-state index contributed by atoms with van der Waals surface area (Å²) in [6.07, 6.45) is 0. The average Bonchev–Trinajstić information content (AvgIpc) is 2.41. The van der Waals surface area contributed by atoms with Crippen molar-refractivity contribution in [2.24, 2.45) is 0 Å². The lowest BCUT2D eigenvalue weighted by atomic mass is 10.1. The predicted octanol–water partition coefficient (Wildman–Crippen LogP) is 2.81. The SMILES string of the molecule is N#Cc1cccc(CS(=O)(=O)c2cccc(F)c2)c1F. The molecule has 0 N–H and O–H groups in total. The molecule has 20 heavy (non-hydrogen) atoms. The van der Waals surface area contributed by atoms with Crippen LogP contribution in [0.2, 0.25) is 0 Å². The first-order valence-electron chi connectivity index (χ1n) is 5.60. The van der Waals surface area contributed by atoms with Crippen LogP contribution in [0.1, 0.15) is 11.1 Å². The minimum atomic E-state index is -3.87. The largest absolute Gasteiger partial charge is 0.223 e. The molecule has 3 nitrogen and oxygen atoms in total. The van der Waals surface area contributed by atoms with E-state index in [0.29, 0.717) is 0 Å². The summed E-state index contributed by atoms with van der Waals surface area (Å²) in [7, 11) is -3.87. The first kappa shape index (κ1) is 14.2. The summed E-state index contributed by atoms with van der Waals surface area (Å²) in [4.78, 5) is -0.223. The van der Waals surface area contributed by atoms with E-state index in [9.17, 15) is 17.2 Å². The van der Waals surface area contributed by atoms with Crippen LogP contribution in [0.4, 0.5) is 8.78 Å². The van der Waals surface area contributed by atoms with Gasteiger partial charge in [-0.3, -0.25) is 0 Å². The molecule has 0 aliphatic carbocycles. The van der Waals surface area contributed by atoms with Crippen molar-refractivity contribution < 1.29 is 17.2 Å². The second kappa shape index (κ2) is 5.39. The van der Waals surface area contributed by atoms with Crippen LogP contribution >= 0.6 is 0 Å². The Bertz CT molecular complexity index is 795. The van der Waals surface area contributed by atoms with Crippen molar-refractivity contribution in [3.63, 3.8) is 0 Å². The van der Waals surface area contributed by atoms with Gasteiger partial charge >= 0.3 is 0 Å². The van der Waals surface area contributed by atoms with Crippen LogP contribution in [0, 0.1) is 23.0 Å². The quantitative estimate of drug-likeness (QED) is 0.874. The summed E-state index contributed by atoms with van der Waals surface area (Å²) in [5.74, 6) is -2.18. The Balaban J connectivity index is 2.42. The van der Waals surface area contributed by atoms with Crippen molar-refractivity contribution >= 4 is 9.84 Å². The van der Waals surface area contributed by atoms with E-state index in [-0.39, 0.29) is 16.0 Å².